The minimum Gasteiger partial charge on any atom is -0.477 e. The number of pyridine rings is 1. The number of ether oxygens (including phenoxy) is 2. The number of fused-ring (bicyclic) bond motifs is 6. The largest absolute Gasteiger partial charge is 0.477 e. The van der Waals surface area contributed by atoms with Crippen LogP contribution in [-0.4, -0.2) is 85.6 Å². The SMILES string of the molecule is CC(C)[Si](C#Cc1c(F)ccc2cccc(-c3nc4c5c(nc(S(C)(=O)=O)nc5c3F)N3C[C@@H]5CC[C@H]([C@@H]3CCO4)N5C(=O)OC(C)(C)C)c12)(C(C)C)C(C)C. The van der Waals surface area contributed by atoms with E-state index >= 15 is 8.78 Å². The van der Waals surface area contributed by atoms with Gasteiger partial charge in [-0.1, -0.05) is 71.7 Å². The second-order valence-corrected chi connectivity index (χ2v) is 24.9. The zero-order chi connectivity index (χ0) is 40.6. The van der Waals surface area contributed by atoms with Crippen LogP contribution in [0.2, 0.25) is 16.6 Å². The summed E-state index contributed by atoms with van der Waals surface area (Å²) in [6, 6.07) is 7.41. The van der Waals surface area contributed by atoms with E-state index in [0.717, 1.165) is 6.26 Å². The summed E-state index contributed by atoms with van der Waals surface area (Å²) in [4.78, 5) is 30.9. The van der Waals surface area contributed by atoms with Gasteiger partial charge in [0.15, 0.2) is 5.82 Å². The van der Waals surface area contributed by atoms with E-state index in [0.29, 0.717) is 53.2 Å². The van der Waals surface area contributed by atoms with E-state index in [1.165, 1.54) is 6.07 Å². The summed E-state index contributed by atoms with van der Waals surface area (Å²) < 4.78 is 72.0. The highest BCUT2D eigenvalue weighted by molar-refractivity contribution is 7.90. The quantitative estimate of drug-likeness (QED) is 0.111. The first-order chi connectivity index (χ1) is 26.2. The Hall–Kier alpha value is -4.35. The van der Waals surface area contributed by atoms with Gasteiger partial charge in [0.25, 0.3) is 0 Å². The number of anilines is 1. The van der Waals surface area contributed by atoms with Gasteiger partial charge in [-0.15, -0.1) is 5.54 Å². The van der Waals surface area contributed by atoms with Crippen molar-refractivity contribution in [1.29, 1.82) is 0 Å². The molecule has 56 heavy (non-hydrogen) atoms. The maximum Gasteiger partial charge on any atom is 0.410 e. The lowest BCUT2D eigenvalue weighted by atomic mass is 9.96. The van der Waals surface area contributed by atoms with Crippen molar-refractivity contribution >= 4 is 51.5 Å². The second kappa shape index (κ2) is 14.2. The smallest absolute Gasteiger partial charge is 0.410 e. The van der Waals surface area contributed by atoms with Crippen molar-refractivity contribution in [3.63, 3.8) is 0 Å². The van der Waals surface area contributed by atoms with E-state index < -0.39 is 46.4 Å². The fraction of sp³-hybridized carbons (Fsp3) is 0.524. The van der Waals surface area contributed by atoms with Gasteiger partial charge in [0.1, 0.15) is 41.9 Å². The van der Waals surface area contributed by atoms with Gasteiger partial charge in [-0.2, -0.15) is 0 Å². The van der Waals surface area contributed by atoms with Crippen molar-refractivity contribution in [2.75, 3.05) is 24.3 Å². The summed E-state index contributed by atoms with van der Waals surface area (Å²) in [5.74, 6) is 2.08. The molecule has 0 saturated carbocycles. The normalized spacial score (nSPS) is 19.9. The minimum atomic E-state index is -4.04. The second-order valence-electron chi connectivity index (χ2n) is 17.4. The fourth-order valence-corrected chi connectivity index (χ4v) is 15.3. The molecule has 0 unspecified atom stereocenters. The average Bonchev–Trinajstić information content (AvgIpc) is 3.43. The minimum absolute atomic E-state index is 0.0405. The average molecular weight is 804 g/mol. The molecule has 7 rings (SSSR count). The number of benzene rings is 2. The molecule has 0 aliphatic carbocycles. The van der Waals surface area contributed by atoms with Gasteiger partial charge < -0.3 is 14.4 Å². The summed E-state index contributed by atoms with van der Waals surface area (Å²) in [6.45, 7) is 19.1. The number of amides is 1. The van der Waals surface area contributed by atoms with Gasteiger partial charge in [0.2, 0.25) is 20.9 Å². The molecule has 5 heterocycles. The number of hydrogen-bond donors (Lipinski definition) is 0. The van der Waals surface area contributed by atoms with Crippen LogP contribution in [-0.2, 0) is 14.6 Å². The van der Waals surface area contributed by atoms with Gasteiger partial charge >= 0.3 is 6.09 Å². The molecule has 2 aromatic heterocycles. The van der Waals surface area contributed by atoms with Crippen molar-refractivity contribution in [3.8, 4) is 28.6 Å². The molecule has 0 spiro atoms. The van der Waals surface area contributed by atoms with Crippen molar-refractivity contribution < 1.29 is 31.5 Å². The molecule has 2 aromatic carbocycles. The van der Waals surface area contributed by atoms with Crippen molar-refractivity contribution in [1.82, 2.24) is 19.9 Å². The summed E-state index contributed by atoms with van der Waals surface area (Å²) in [5, 5.41) is 0.637. The Morgan fingerprint density at radius 2 is 1.64 bits per heavy atom. The van der Waals surface area contributed by atoms with Crippen molar-refractivity contribution in [2.45, 2.75) is 127 Å². The van der Waals surface area contributed by atoms with Crippen molar-refractivity contribution in [3.05, 3.63) is 47.5 Å². The number of carbonyl (C=O) groups is 1. The first-order valence-corrected chi connectivity index (χ1v) is 23.6. The molecular weight excluding hydrogens is 753 g/mol. The lowest BCUT2D eigenvalue weighted by Gasteiger charge is -2.48. The number of carbonyl (C=O) groups excluding carboxylic acids is 1. The van der Waals surface area contributed by atoms with E-state index in [1.54, 1.807) is 23.1 Å². The van der Waals surface area contributed by atoms with Gasteiger partial charge in [-0.25, -0.2) is 36.9 Å². The number of piperazine rings is 1. The Balaban J connectivity index is 1.45. The molecule has 2 fully saturated rings. The summed E-state index contributed by atoms with van der Waals surface area (Å²) >= 11 is 0. The van der Waals surface area contributed by atoms with E-state index in [4.69, 9.17) is 14.5 Å². The molecule has 10 nitrogen and oxygen atoms in total. The Kier molecular flexibility index (Phi) is 10.1. The zero-order valence-electron chi connectivity index (χ0n) is 33.8. The predicted molar refractivity (Wildman–Crippen MR) is 217 cm³/mol. The highest BCUT2D eigenvalue weighted by atomic mass is 32.2. The topological polar surface area (TPSA) is 115 Å². The summed E-state index contributed by atoms with van der Waals surface area (Å²) in [5.41, 5.74) is 3.85. The molecule has 3 aliphatic rings. The number of hydrogen-bond acceptors (Lipinski definition) is 9. The molecule has 2 saturated heterocycles. The zero-order valence-corrected chi connectivity index (χ0v) is 35.6. The van der Waals surface area contributed by atoms with Crippen LogP contribution in [0.25, 0.3) is 32.9 Å². The monoisotopic (exact) mass is 803 g/mol. The highest BCUT2D eigenvalue weighted by Gasteiger charge is 2.51. The molecule has 298 valence electrons. The Bertz CT molecular complexity index is 2400. The first kappa shape index (κ1) is 39.9. The Morgan fingerprint density at radius 1 is 0.946 bits per heavy atom. The van der Waals surface area contributed by atoms with Crippen molar-refractivity contribution in [2.24, 2.45) is 0 Å². The van der Waals surface area contributed by atoms with E-state index in [2.05, 4.69) is 63.0 Å². The van der Waals surface area contributed by atoms with Crippen LogP contribution in [0.3, 0.4) is 0 Å². The van der Waals surface area contributed by atoms with E-state index in [-0.39, 0.29) is 64.2 Å². The maximum absolute atomic E-state index is 17.4. The molecule has 4 aromatic rings. The van der Waals surface area contributed by atoms with Gasteiger partial charge in [0.05, 0.1) is 30.3 Å². The van der Waals surface area contributed by atoms with Crippen LogP contribution in [0.5, 0.6) is 5.88 Å². The number of rotatable bonds is 5. The fourth-order valence-electron chi connectivity index (χ4n) is 9.54. The lowest BCUT2D eigenvalue weighted by molar-refractivity contribution is 0.00637. The predicted octanol–water partition coefficient (Wildman–Crippen LogP) is 8.84. The number of aromatic nitrogens is 3. The molecule has 1 amide bonds. The van der Waals surface area contributed by atoms with Crippen LogP contribution >= 0.6 is 0 Å². The van der Waals surface area contributed by atoms with Crippen LogP contribution in [0.15, 0.2) is 35.5 Å². The summed E-state index contributed by atoms with van der Waals surface area (Å²) in [6.07, 6.45) is 2.43. The van der Waals surface area contributed by atoms with Crippen LogP contribution < -0.4 is 9.64 Å². The van der Waals surface area contributed by atoms with Crippen LogP contribution in [0, 0.1) is 23.1 Å². The third kappa shape index (κ3) is 6.68. The van der Waals surface area contributed by atoms with Gasteiger partial charge in [-0.3, -0.25) is 4.90 Å². The Labute approximate surface area is 329 Å². The first-order valence-electron chi connectivity index (χ1n) is 19.5. The molecule has 3 atom stereocenters. The Morgan fingerprint density at radius 3 is 2.29 bits per heavy atom. The molecule has 0 N–H and O–H groups in total. The molecule has 2 bridgehead atoms. The molecule has 14 heteroatoms. The highest BCUT2D eigenvalue weighted by Crippen LogP contribution is 2.46. The van der Waals surface area contributed by atoms with Crippen LogP contribution in [0.4, 0.5) is 19.4 Å². The van der Waals surface area contributed by atoms with Gasteiger partial charge in [0, 0.05) is 30.2 Å². The number of halogens is 2. The number of nitrogens with zero attached hydrogens (tertiary/aromatic N) is 5. The third-order valence-electron chi connectivity index (χ3n) is 11.9. The molecular formula is C42H51F2N5O5SSi. The van der Waals surface area contributed by atoms with E-state index in [1.807, 2.05) is 31.7 Å². The standard InChI is InChI=1S/C42H51F2N5O5SSi/c1-23(2)56(24(3)4,25(5)6)21-19-28-30(43)16-14-26-12-11-13-29(33(26)28)36-35(44)37-34-38(47-40(46-37)55(10,51)52)48-22-27-15-17-32(31(48)18-20-53-39(34)45-36)49(27)41(50)54-42(7,8)9/h11-14,16,23-25,27,31-32H,15,17-18,20,22H2,1-10H3/t27-,31-,32+/m0/s1. The van der Waals surface area contributed by atoms with Crippen LogP contribution in [0.1, 0.15) is 87.1 Å². The van der Waals surface area contributed by atoms with Gasteiger partial charge in [-0.05, 0) is 61.7 Å². The molecule has 3 aliphatic heterocycles. The molecule has 0 radical (unpaired) electrons. The maximum atomic E-state index is 17.4. The van der Waals surface area contributed by atoms with E-state index in [9.17, 15) is 13.2 Å². The number of sulfone groups is 1. The lowest BCUT2D eigenvalue weighted by Crippen LogP contribution is -2.62. The summed E-state index contributed by atoms with van der Waals surface area (Å²) in [7, 11) is -6.34. The third-order valence-corrected chi connectivity index (χ3v) is 19.0.